The zero-order chi connectivity index (χ0) is 22.5. The summed E-state index contributed by atoms with van der Waals surface area (Å²) in [5, 5.41) is 12.4. The number of thiophene rings is 1. The Morgan fingerprint density at radius 2 is 2.00 bits per heavy atom. The number of hydrogen-bond donors (Lipinski definition) is 2. The normalized spacial score (nSPS) is 11.9. The van der Waals surface area contributed by atoms with Crippen molar-refractivity contribution in [2.75, 3.05) is 0 Å². The van der Waals surface area contributed by atoms with Crippen LogP contribution in [0.25, 0.3) is 11.4 Å². The molecule has 0 saturated carbocycles. The summed E-state index contributed by atoms with van der Waals surface area (Å²) < 4.78 is 2.17. The van der Waals surface area contributed by atoms with Crippen molar-refractivity contribution in [1.29, 1.82) is 0 Å². The Morgan fingerprint density at radius 3 is 2.69 bits per heavy atom. The van der Waals surface area contributed by atoms with E-state index in [1.807, 2.05) is 42.6 Å². The molecule has 5 nitrogen and oxygen atoms in total. The first kappa shape index (κ1) is 22.2. The van der Waals surface area contributed by atoms with Crippen molar-refractivity contribution >= 4 is 29.5 Å². The second-order valence-corrected chi connectivity index (χ2v) is 9.18. The van der Waals surface area contributed by atoms with Gasteiger partial charge in [0.05, 0.1) is 6.04 Å². The van der Waals surface area contributed by atoms with Crippen molar-refractivity contribution in [3.8, 4) is 11.4 Å². The average molecular weight is 463 g/mol. The average Bonchev–Trinajstić information content (AvgIpc) is 3.44. The first-order valence-electron chi connectivity index (χ1n) is 10.7. The Labute approximate surface area is 197 Å². The topological polar surface area (TPSA) is 62.7 Å². The van der Waals surface area contributed by atoms with Crippen molar-refractivity contribution in [3.63, 3.8) is 0 Å². The number of amides is 1. The van der Waals surface area contributed by atoms with Crippen LogP contribution in [0.2, 0.25) is 0 Å². The summed E-state index contributed by atoms with van der Waals surface area (Å²) in [7, 11) is 0. The van der Waals surface area contributed by atoms with E-state index in [1.54, 1.807) is 15.9 Å². The van der Waals surface area contributed by atoms with Gasteiger partial charge in [-0.2, -0.15) is 5.10 Å². The summed E-state index contributed by atoms with van der Waals surface area (Å²) in [6.07, 6.45) is 2.16. The van der Waals surface area contributed by atoms with Crippen LogP contribution in [0.4, 0.5) is 0 Å². The number of benzene rings is 2. The number of aromatic nitrogens is 3. The van der Waals surface area contributed by atoms with Gasteiger partial charge in [-0.3, -0.25) is 14.5 Å². The molecule has 0 radical (unpaired) electrons. The summed E-state index contributed by atoms with van der Waals surface area (Å²) in [6.45, 7) is 4.29. The third-order valence-electron chi connectivity index (χ3n) is 5.32. The van der Waals surface area contributed by atoms with Gasteiger partial charge in [-0.1, -0.05) is 67.4 Å². The maximum atomic E-state index is 13.1. The molecule has 0 aliphatic rings. The SMILES string of the molecule is CCCc1ccc(C(NC(=O)Cn2c(-c3cccc(C)c3)n[nH]c2=S)c2cccs2)cc1. The van der Waals surface area contributed by atoms with E-state index in [4.69, 9.17) is 12.2 Å². The Kier molecular flexibility index (Phi) is 6.97. The quantitative estimate of drug-likeness (QED) is 0.324. The van der Waals surface area contributed by atoms with Gasteiger partial charge in [0.1, 0.15) is 6.54 Å². The first-order valence-corrected chi connectivity index (χ1v) is 12.0. The molecule has 1 amide bonds. The number of aromatic amines is 1. The molecule has 1 atom stereocenters. The highest BCUT2D eigenvalue weighted by atomic mass is 32.1. The van der Waals surface area contributed by atoms with Crippen molar-refractivity contribution in [2.45, 2.75) is 39.3 Å². The maximum Gasteiger partial charge on any atom is 0.240 e. The molecule has 2 N–H and O–H groups in total. The lowest BCUT2D eigenvalue weighted by molar-refractivity contribution is -0.122. The Morgan fingerprint density at radius 1 is 1.19 bits per heavy atom. The van der Waals surface area contributed by atoms with Gasteiger partial charge >= 0.3 is 0 Å². The van der Waals surface area contributed by atoms with E-state index in [0.717, 1.165) is 34.4 Å². The third kappa shape index (κ3) is 5.06. The Balaban J connectivity index is 1.58. The smallest absolute Gasteiger partial charge is 0.240 e. The zero-order valence-corrected chi connectivity index (χ0v) is 19.8. The fourth-order valence-electron chi connectivity index (χ4n) is 3.76. The molecule has 164 valence electrons. The molecule has 0 aliphatic carbocycles. The fraction of sp³-hybridized carbons (Fsp3) is 0.240. The first-order chi connectivity index (χ1) is 15.5. The third-order valence-corrected chi connectivity index (χ3v) is 6.57. The largest absolute Gasteiger partial charge is 0.343 e. The number of nitrogens with one attached hydrogen (secondary N) is 2. The van der Waals surface area contributed by atoms with Gasteiger partial charge in [-0.25, -0.2) is 0 Å². The van der Waals surface area contributed by atoms with Gasteiger partial charge < -0.3 is 5.32 Å². The van der Waals surface area contributed by atoms with Crippen molar-refractivity contribution in [2.24, 2.45) is 0 Å². The molecule has 32 heavy (non-hydrogen) atoms. The van der Waals surface area contributed by atoms with E-state index in [0.29, 0.717) is 10.6 Å². The van der Waals surface area contributed by atoms with Crippen LogP contribution in [-0.4, -0.2) is 20.7 Å². The molecule has 0 bridgehead atoms. The van der Waals surface area contributed by atoms with Crippen LogP contribution in [-0.2, 0) is 17.8 Å². The van der Waals surface area contributed by atoms with Gasteiger partial charge in [0.25, 0.3) is 0 Å². The molecule has 4 aromatic rings. The van der Waals surface area contributed by atoms with E-state index in [1.165, 1.54) is 5.56 Å². The monoisotopic (exact) mass is 462 g/mol. The number of nitrogens with zero attached hydrogens (tertiary/aromatic N) is 2. The molecule has 0 spiro atoms. The zero-order valence-electron chi connectivity index (χ0n) is 18.2. The number of carbonyl (C=O) groups is 1. The van der Waals surface area contributed by atoms with Crippen molar-refractivity contribution in [1.82, 2.24) is 20.1 Å². The molecule has 0 fully saturated rings. The molecular weight excluding hydrogens is 436 g/mol. The highest BCUT2D eigenvalue weighted by molar-refractivity contribution is 7.71. The van der Waals surface area contributed by atoms with Gasteiger partial charge in [0, 0.05) is 10.4 Å². The summed E-state index contributed by atoms with van der Waals surface area (Å²) in [5.74, 6) is 0.540. The predicted molar refractivity (Wildman–Crippen MR) is 132 cm³/mol. The van der Waals surface area contributed by atoms with Crippen molar-refractivity contribution < 1.29 is 4.79 Å². The molecule has 2 heterocycles. The lowest BCUT2D eigenvalue weighted by Gasteiger charge is -2.19. The molecule has 0 aliphatic heterocycles. The molecule has 0 saturated heterocycles. The molecule has 2 aromatic heterocycles. The molecule has 2 aromatic carbocycles. The predicted octanol–water partition coefficient (Wildman–Crippen LogP) is 5.84. The maximum absolute atomic E-state index is 13.1. The number of hydrogen-bond acceptors (Lipinski definition) is 4. The van der Waals surface area contributed by atoms with E-state index in [-0.39, 0.29) is 18.5 Å². The fourth-order valence-corrected chi connectivity index (χ4v) is 4.76. The van der Waals surface area contributed by atoms with Crippen LogP contribution in [0.15, 0.2) is 66.0 Å². The number of carbonyl (C=O) groups excluding carboxylic acids is 1. The number of H-pyrrole nitrogens is 1. The molecule has 7 heteroatoms. The molecule has 1 unspecified atom stereocenters. The lowest BCUT2D eigenvalue weighted by atomic mass is 10.0. The molecular formula is C25H26N4OS2. The summed E-state index contributed by atoms with van der Waals surface area (Å²) in [5.41, 5.74) is 4.42. The highest BCUT2D eigenvalue weighted by Gasteiger charge is 2.20. The minimum atomic E-state index is -0.207. The minimum absolute atomic E-state index is 0.0917. The van der Waals surface area contributed by atoms with Gasteiger partial charge in [-0.05, 0) is 54.2 Å². The standard InChI is InChI=1S/C25H26N4OS2/c1-3-6-18-10-12-19(13-11-18)23(21-9-5-14-32-21)26-22(30)16-29-24(27-28-25(29)31)20-8-4-7-17(2)15-20/h4-5,7-15,23H,3,6,16H2,1-2H3,(H,26,30)(H,28,31). The number of aryl methyl sites for hydroxylation is 2. The van der Waals surface area contributed by atoms with Crippen LogP contribution in [0.1, 0.15) is 41.0 Å². The van der Waals surface area contributed by atoms with Crippen molar-refractivity contribution in [3.05, 3.63) is 92.4 Å². The van der Waals surface area contributed by atoms with Crippen LogP contribution in [0.3, 0.4) is 0 Å². The summed E-state index contributed by atoms with van der Waals surface area (Å²) in [6, 6.07) is 20.4. The Hall–Kier alpha value is -3.03. The van der Waals surface area contributed by atoms with Gasteiger partial charge in [0.2, 0.25) is 5.91 Å². The van der Waals surface area contributed by atoms with E-state index >= 15 is 0 Å². The van der Waals surface area contributed by atoms with E-state index < -0.39 is 0 Å². The van der Waals surface area contributed by atoms with Gasteiger partial charge in [-0.15, -0.1) is 11.3 Å². The minimum Gasteiger partial charge on any atom is -0.343 e. The van der Waals surface area contributed by atoms with Crippen LogP contribution < -0.4 is 5.32 Å². The van der Waals surface area contributed by atoms with Crippen LogP contribution in [0, 0.1) is 11.7 Å². The second-order valence-electron chi connectivity index (χ2n) is 7.82. The summed E-state index contributed by atoms with van der Waals surface area (Å²) in [4.78, 5) is 14.2. The molecule has 4 rings (SSSR count). The van der Waals surface area contributed by atoms with Crippen LogP contribution >= 0.6 is 23.6 Å². The lowest BCUT2D eigenvalue weighted by Crippen LogP contribution is -2.32. The Bertz CT molecular complexity index is 1240. The number of rotatable bonds is 8. The van der Waals surface area contributed by atoms with Crippen LogP contribution in [0.5, 0.6) is 0 Å². The highest BCUT2D eigenvalue weighted by Crippen LogP contribution is 2.27. The summed E-state index contributed by atoms with van der Waals surface area (Å²) >= 11 is 7.05. The van der Waals surface area contributed by atoms with E-state index in [2.05, 4.69) is 52.8 Å². The second kappa shape index (κ2) is 10.1. The van der Waals surface area contributed by atoms with Gasteiger partial charge in [0.15, 0.2) is 10.6 Å². The van der Waals surface area contributed by atoms with E-state index in [9.17, 15) is 4.79 Å².